The molecule has 1 unspecified atom stereocenters. The third kappa shape index (κ3) is 1.67. The van der Waals surface area contributed by atoms with Crippen molar-refractivity contribution < 1.29 is 9.59 Å². The van der Waals surface area contributed by atoms with Gasteiger partial charge >= 0.3 is 0 Å². The lowest BCUT2D eigenvalue weighted by Gasteiger charge is -2.57. The minimum absolute atomic E-state index is 0.116. The maximum atomic E-state index is 12.8. The Bertz CT molecular complexity index is 601. The molecule has 0 heterocycles. The molecule has 2 heteroatoms. The van der Waals surface area contributed by atoms with Crippen molar-refractivity contribution >= 4 is 11.6 Å². The second kappa shape index (κ2) is 4.43. The summed E-state index contributed by atoms with van der Waals surface area (Å²) in [6.07, 6.45) is 10.4. The molecule has 6 atom stereocenters. The average Bonchev–Trinajstić information content (AvgIpc) is 2.78. The molecule has 2 nitrogen and oxygen atoms in total. The van der Waals surface area contributed by atoms with Crippen molar-refractivity contribution in [1.29, 1.82) is 0 Å². The van der Waals surface area contributed by atoms with E-state index >= 15 is 0 Å². The highest BCUT2D eigenvalue weighted by atomic mass is 16.2. The van der Waals surface area contributed by atoms with Gasteiger partial charge < -0.3 is 0 Å². The molecule has 22 heavy (non-hydrogen) atoms. The van der Waals surface area contributed by atoms with Crippen molar-refractivity contribution in [2.75, 3.05) is 0 Å². The van der Waals surface area contributed by atoms with E-state index in [2.05, 4.69) is 20.4 Å². The van der Waals surface area contributed by atoms with E-state index in [1.165, 1.54) is 24.5 Å². The third-order valence-corrected chi connectivity index (χ3v) is 7.66. The Morgan fingerprint density at radius 1 is 1.14 bits per heavy atom. The average molecular weight is 298 g/mol. The van der Waals surface area contributed by atoms with Crippen molar-refractivity contribution in [3.63, 3.8) is 0 Å². The van der Waals surface area contributed by atoms with E-state index in [-0.39, 0.29) is 17.5 Å². The van der Waals surface area contributed by atoms with Gasteiger partial charge in [0.2, 0.25) is 11.6 Å². The standard InChI is InChI=1S/C20H26O2/c1-12-10-16-14-6-4-13-5-7-17(21)18(22)20(13,3)15(14)8-9-19(16,2)11-12/h5,7,13-16H,1,4,6,8-11H2,2-3H3/t13?,14-,15+,16+,19-,20+/m1/s1. The normalized spacial score (nSPS) is 50.5. The van der Waals surface area contributed by atoms with Crippen LogP contribution in [0.1, 0.15) is 52.4 Å². The lowest BCUT2D eigenvalue weighted by atomic mass is 9.46. The summed E-state index contributed by atoms with van der Waals surface area (Å²) in [5, 5.41) is 0. The summed E-state index contributed by atoms with van der Waals surface area (Å²) in [4.78, 5) is 24.8. The van der Waals surface area contributed by atoms with Gasteiger partial charge in [0, 0.05) is 5.41 Å². The smallest absolute Gasteiger partial charge is 0.221 e. The summed E-state index contributed by atoms with van der Waals surface area (Å²) < 4.78 is 0. The Kier molecular flexibility index (Phi) is 2.90. The van der Waals surface area contributed by atoms with Crippen LogP contribution in [0.3, 0.4) is 0 Å². The van der Waals surface area contributed by atoms with Gasteiger partial charge in [-0.15, -0.1) is 0 Å². The molecule has 0 spiro atoms. The zero-order valence-electron chi connectivity index (χ0n) is 13.7. The number of rotatable bonds is 0. The first-order valence-electron chi connectivity index (χ1n) is 8.80. The topological polar surface area (TPSA) is 34.1 Å². The molecule has 118 valence electrons. The molecule has 0 bridgehead atoms. The van der Waals surface area contributed by atoms with Gasteiger partial charge in [0.25, 0.3) is 0 Å². The molecule has 4 aliphatic carbocycles. The van der Waals surface area contributed by atoms with Crippen molar-refractivity contribution in [2.45, 2.75) is 52.4 Å². The van der Waals surface area contributed by atoms with Crippen molar-refractivity contribution in [3.8, 4) is 0 Å². The van der Waals surface area contributed by atoms with Crippen LogP contribution in [0, 0.1) is 34.5 Å². The lowest BCUT2D eigenvalue weighted by molar-refractivity contribution is -0.154. The van der Waals surface area contributed by atoms with Crippen LogP contribution in [0.25, 0.3) is 0 Å². The minimum Gasteiger partial charge on any atom is -0.290 e. The molecule has 4 rings (SSSR count). The molecule has 0 amide bonds. The van der Waals surface area contributed by atoms with E-state index in [9.17, 15) is 9.59 Å². The molecule has 4 aliphatic rings. The number of Topliss-reactive ketones (excluding diaryl/α,β-unsaturated/α-hetero) is 1. The lowest BCUT2D eigenvalue weighted by Crippen LogP contribution is -2.56. The molecule has 3 saturated carbocycles. The zero-order chi connectivity index (χ0) is 15.7. The Morgan fingerprint density at radius 2 is 1.91 bits per heavy atom. The van der Waals surface area contributed by atoms with E-state index < -0.39 is 5.41 Å². The number of fused-ring (bicyclic) bond motifs is 5. The van der Waals surface area contributed by atoms with Gasteiger partial charge in [-0.05, 0) is 73.7 Å². The monoisotopic (exact) mass is 298 g/mol. The van der Waals surface area contributed by atoms with E-state index in [4.69, 9.17) is 0 Å². The highest BCUT2D eigenvalue weighted by molar-refractivity contribution is 6.44. The van der Waals surface area contributed by atoms with Gasteiger partial charge in [0.15, 0.2) is 0 Å². The molecule has 0 aliphatic heterocycles. The summed E-state index contributed by atoms with van der Waals surface area (Å²) in [6, 6.07) is 0. The second-order valence-electron chi connectivity index (χ2n) is 8.72. The first kappa shape index (κ1) is 14.4. The molecule has 0 aromatic heterocycles. The van der Waals surface area contributed by atoms with Gasteiger partial charge in [-0.3, -0.25) is 9.59 Å². The molecular weight excluding hydrogens is 272 g/mol. The van der Waals surface area contributed by atoms with Gasteiger partial charge in [-0.1, -0.05) is 32.1 Å². The largest absolute Gasteiger partial charge is 0.290 e. The minimum atomic E-state index is -0.444. The molecule has 0 saturated heterocycles. The van der Waals surface area contributed by atoms with Crippen LogP contribution >= 0.6 is 0 Å². The summed E-state index contributed by atoms with van der Waals surface area (Å²) >= 11 is 0. The maximum Gasteiger partial charge on any atom is 0.221 e. The number of carbonyl (C=O) groups is 2. The van der Waals surface area contributed by atoms with Crippen molar-refractivity contribution in [1.82, 2.24) is 0 Å². The summed E-state index contributed by atoms with van der Waals surface area (Å²) in [6.45, 7) is 8.77. The fourth-order valence-corrected chi connectivity index (χ4v) is 6.52. The van der Waals surface area contributed by atoms with Crippen LogP contribution in [-0.4, -0.2) is 11.6 Å². The van der Waals surface area contributed by atoms with Crippen LogP contribution < -0.4 is 0 Å². The zero-order valence-corrected chi connectivity index (χ0v) is 13.7. The third-order valence-electron chi connectivity index (χ3n) is 7.66. The summed E-state index contributed by atoms with van der Waals surface area (Å²) in [5.41, 5.74) is 1.34. The fourth-order valence-electron chi connectivity index (χ4n) is 6.52. The Hall–Kier alpha value is -1.18. The van der Waals surface area contributed by atoms with Gasteiger partial charge in [0.05, 0.1) is 0 Å². The predicted octanol–water partition coefficient (Wildman–Crippen LogP) is 4.11. The van der Waals surface area contributed by atoms with Gasteiger partial charge in [-0.25, -0.2) is 0 Å². The number of allylic oxidation sites excluding steroid dienone is 3. The van der Waals surface area contributed by atoms with Crippen molar-refractivity contribution in [3.05, 3.63) is 24.3 Å². The van der Waals surface area contributed by atoms with E-state index in [1.54, 1.807) is 0 Å². The van der Waals surface area contributed by atoms with E-state index in [0.717, 1.165) is 25.7 Å². The Morgan fingerprint density at radius 3 is 2.68 bits per heavy atom. The Balaban J connectivity index is 1.74. The van der Waals surface area contributed by atoms with E-state index in [0.29, 0.717) is 23.2 Å². The summed E-state index contributed by atoms with van der Waals surface area (Å²) in [7, 11) is 0. The first-order chi connectivity index (χ1) is 10.4. The molecule has 3 fully saturated rings. The number of hydrogen-bond donors (Lipinski definition) is 0. The number of hydrogen-bond acceptors (Lipinski definition) is 2. The van der Waals surface area contributed by atoms with Crippen molar-refractivity contribution in [2.24, 2.45) is 34.5 Å². The van der Waals surface area contributed by atoms with Crippen LogP contribution in [0.15, 0.2) is 24.3 Å². The quantitative estimate of drug-likeness (QED) is 0.498. The van der Waals surface area contributed by atoms with Crippen LogP contribution in [0.4, 0.5) is 0 Å². The molecule has 0 aromatic rings. The molecule has 0 N–H and O–H groups in total. The molecule has 0 radical (unpaired) electrons. The Labute approximate surface area is 133 Å². The second-order valence-corrected chi connectivity index (χ2v) is 8.72. The van der Waals surface area contributed by atoms with Crippen LogP contribution in [0.5, 0.6) is 0 Å². The molecular formula is C20H26O2. The SMILES string of the molecule is C=C1C[C@H]2[C@@H]3CCC4C=CC(=O)C(=O)[C@]4(C)[C@H]3CC[C@]2(C)C1. The van der Waals surface area contributed by atoms with Gasteiger partial charge in [-0.2, -0.15) is 0 Å². The number of carbonyl (C=O) groups excluding carboxylic acids is 2. The molecule has 0 aromatic carbocycles. The van der Waals surface area contributed by atoms with Crippen LogP contribution in [0.2, 0.25) is 0 Å². The fraction of sp³-hybridized carbons (Fsp3) is 0.700. The van der Waals surface area contributed by atoms with E-state index in [1.807, 2.05) is 6.08 Å². The highest BCUT2D eigenvalue weighted by Gasteiger charge is 2.60. The number of ketones is 2. The first-order valence-corrected chi connectivity index (χ1v) is 8.80. The van der Waals surface area contributed by atoms with Gasteiger partial charge in [0.1, 0.15) is 0 Å². The summed E-state index contributed by atoms with van der Waals surface area (Å²) in [5.74, 6) is 1.54. The van der Waals surface area contributed by atoms with Crippen LogP contribution in [-0.2, 0) is 9.59 Å². The maximum absolute atomic E-state index is 12.8. The highest BCUT2D eigenvalue weighted by Crippen LogP contribution is 2.65. The predicted molar refractivity (Wildman–Crippen MR) is 86.2 cm³/mol.